The highest BCUT2D eigenvalue weighted by Crippen LogP contribution is 2.28. The first-order valence-corrected chi connectivity index (χ1v) is 6.39. The Hall–Kier alpha value is -2.46. The maximum atomic E-state index is 6.36. The van der Waals surface area contributed by atoms with Crippen molar-refractivity contribution >= 4 is 11.0 Å². The van der Waals surface area contributed by atoms with Crippen LogP contribution in [0.2, 0.25) is 0 Å². The topological polar surface area (TPSA) is 61.0 Å². The zero-order valence-corrected chi connectivity index (χ0v) is 11.2. The van der Waals surface area contributed by atoms with Gasteiger partial charge in [-0.25, -0.2) is 0 Å². The number of nitrogens with zero attached hydrogens (tertiary/aromatic N) is 2. The van der Waals surface area contributed by atoms with Gasteiger partial charge in [-0.2, -0.15) is 0 Å². The summed E-state index contributed by atoms with van der Waals surface area (Å²) in [5.41, 5.74) is 10.0. The Morgan fingerprint density at radius 1 is 1.00 bits per heavy atom. The zero-order chi connectivity index (χ0) is 13.9. The largest absolute Gasteiger partial charge is 0.496 e. The van der Waals surface area contributed by atoms with Gasteiger partial charge in [0.1, 0.15) is 5.75 Å². The van der Waals surface area contributed by atoms with Gasteiger partial charge >= 0.3 is 0 Å². The van der Waals surface area contributed by atoms with Crippen LogP contribution in [-0.2, 0) is 0 Å². The molecule has 100 valence electrons. The van der Waals surface area contributed by atoms with Gasteiger partial charge in [-0.15, -0.1) is 0 Å². The molecule has 4 nitrogen and oxygen atoms in total. The van der Waals surface area contributed by atoms with Crippen LogP contribution in [0, 0.1) is 0 Å². The maximum Gasteiger partial charge on any atom is 0.123 e. The van der Waals surface area contributed by atoms with Gasteiger partial charge in [0.25, 0.3) is 0 Å². The zero-order valence-electron chi connectivity index (χ0n) is 11.2. The van der Waals surface area contributed by atoms with Crippen LogP contribution < -0.4 is 10.5 Å². The van der Waals surface area contributed by atoms with Crippen molar-refractivity contribution < 1.29 is 4.74 Å². The second kappa shape index (κ2) is 5.27. The molecule has 0 saturated heterocycles. The average Bonchev–Trinajstić information content (AvgIpc) is 2.53. The Balaban J connectivity index is 2.05. The standard InChI is InChI=1S/C16H15N3O/c1-20-15-5-3-2-4-12(15)16(17)11-6-7-13-14(10-11)19-9-8-18-13/h2-10,16H,17H2,1H3. The molecular formula is C16H15N3O. The quantitative estimate of drug-likeness (QED) is 0.791. The molecule has 0 aliphatic carbocycles. The van der Waals surface area contributed by atoms with Crippen molar-refractivity contribution in [2.24, 2.45) is 5.73 Å². The molecule has 2 N–H and O–H groups in total. The van der Waals surface area contributed by atoms with Crippen LogP contribution >= 0.6 is 0 Å². The number of methoxy groups -OCH3 is 1. The summed E-state index contributed by atoms with van der Waals surface area (Å²) in [4.78, 5) is 8.57. The molecule has 2 aromatic carbocycles. The fourth-order valence-electron chi connectivity index (χ4n) is 2.28. The Bertz CT molecular complexity index is 742. The van der Waals surface area contributed by atoms with Gasteiger partial charge < -0.3 is 10.5 Å². The second-order valence-corrected chi connectivity index (χ2v) is 4.52. The fraction of sp³-hybridized carbons (Fsp3) is 0.125. The number of ether oxygens (including phenoxy) is 1. The van der Waals surface area contributed by atoms with Gasteiger partial charge in [-0.05, 0) is 23.8 Å². The minimum Gasteiger partial charge on any atom is -0.496 e. The number of rotatable bonds is 3. The molecular weight excluding hydrogens is 250 g/mol. The predicted molar refractivity (Wildman–Crippen MR) is 78.6 cm³/mol. The van der Waals surface area contributed by atoms with E-state index in [9.17, 15) is 0 Å². The SMILES string of the molecule is COc1ccccc1C(N)c1ccc2nccnc2c1. The summed E-state index contributed by atoms with van der Waals surface area (Å²) in [7, 11) is 1.65. The number of benzene rings is 2. The lowest BCUT2D eigenvalue weighted by molar-refractivity contribution is 0.408. The van der Waals surface area contributed by atoms with E-state index in [1.54, 1.807) is 19.5 Å². The summed E-state index contributed by atoms with van der Waals surface area (Å²) in [6.45, 7) is 0. The molecule has 20 heavy (non-hydrogen) atoms. The number of para-hydroxylation sites is 1. The first-order valence-electron chi connectivity index (χ1n) is 6.39. The molecule has 0 aliphatic heterocycles. The van der Waals surface area contributed by atoms with Crippen LogP contribution in [0.1, 0.15) is 17.2 Å². The second-order valence-electron chi connectivity index (χ2n) is 4.52. The number of nitrogens with two attached hydrogens (primary N) is 1. The lowest BCUT2D eigenvalue weighted by atomic mass is 9.98. The van der Waals surface area contributed by atoms with Gasteiger partial charge in [0.2, 0.25) is 0 Å². The lowest BCUT2D eigenvalue weighted by Gasteiger charge is -2.16. The first-order chi connectivity index (χ1) is 9.79. The van der Waals surface area contributed by atoms with Crippen molar-refractivity contribution in [3.05, 3.63) is 66.0 Å². The van der Waals surface area contributed by atoms with E-state index < -0.39 is 0 Å². The molecule has 1 unspecified atom stereocenters. The molecule has 3 rings (SSSR count). The molecule has 0 radical (unpaired) electrons. The molecule has 1 aromatic heterocycles. The van der Waals surface area contributed by atoms with Crippen molar-refractivity contribution in [1.29, 1.82) is 0 Å². The highest BCUT2D eigenvalue weighted by atomic mass is 16.5. The summed E-state index contributed by atoms with van der Waals surface area (Å²) in [6.07, 6.45) is 3.36. The average molecular weight is 265 g/mol. The third-order valence-electron chi connectivity index (χ3n) is 3.33. The van der Waals surface area contributed by atoms with E-state index in [1.807, 2.05) is 42.5 Å². The summed E-state index contributed by atoms with van der Waals surface area (Å²) in [5.74, 6) is 0.791. The summed E-state index contributed by atoms with van der Waals surface area (Å²) < 4.78 is 5.37. The summed E-state index contributed by atoms with van der Waals surface area (Å²) in [6, 6.07) is 13.4. The summed E-state index contributed by atoms with van der Waals surface area (Å²) >= 11 is 0. The Labute approximate surface area is 117 Å². The maximum absolute atomic E-state index is 6.36. The van der Waals surface area contributed by atoms with Crippen molar-refractivity contribution in [2.75, 3.05) is 7.11 Å². The van der Waals surface area contributed by atoms with E-state index in [2.05, 4.69) is 9.97 Å². The van der Waals surface area contributed by atoms with Crippen LogP contribution in [-0.4, -0.2) is 17.1 Å². The van der Waals surface area contributed by atoms with Crippen LogP contribution in [0.3, 0.4) is 0 Å². The molecule has 0 bridgehead atoms. The third kappa shape index (κ3) is 2.21. The highest BCUT2D eigenvalue weighted by Gasteiger charge is 2.14. The molecule has 1 atom stereocenters. The van der Waals surface area contributed by atoms with Crippen molar-refractivity contribution in [3.8, 4) is 5.75 Å². The van der Waals surface area contributed by atoms with E-state index >= 15 is 0 Å². The molecule has 0 saturated carbocycles. The Morgan fingerprint density at radius 2 is 1.75 bits per heavy atom. The Morgan fingerprint density at radius 3 is 2.55 bits per heavy atom. The van der Waals surface area contributed by atoms with E-state index in [4.69, 9.17) is 10.5 Å². The van der Waals surface area contributed by atoms with E-state index in [0.717, 1.165) is 27.9 Å². The van der Waals surface area contributed by atoms with Crippen LogP contribution in [0.15, 0.2) is 54.9 Å². The first kappa shape index (κ1) is 12.6. The molecule has 4 heteroatoms. The van der Waals surface area contributed by atoms with Crippen LogP contribution in [0.4, 0.5) is 0 Å². The van der Waals surface area contributed by atoms with Crippen molar-refractivity contribution in [3.63, 3.8) is 0 Å². The molecule has 3 aromatic rings. The van der Waals surface area contributed by atoms with Crippen LogP contribution in [0.5, 0.6) is 5.75 Å². The van der Waals surface area contributed by atoms with E-state index in [1.165, 1.54) is 0 Å². The van der Waals surface area contributed by atoms with Crippen molar-refractivity contribution in [2.45, 2.75) is 6.04 Å². The van der Waals surface area contributed by atoms with Gasteiger partial charge in [0.15, 0.2) is 0 Å². The summed E-state index contributed by atoms with van der Waals surface area (Å²) in [5, 5.41) is 0. The molecule has 0 fully saturated rings. The molecule has 0 spiro atoms. The lowest BCUT2D eigenvalue weighted by Crippen LogP contribution is -2.13. The van der Waals surface area contributed by atoms with Gasteiger partial charge in [0.05, 0.1) is 24.2 Å². The Kier molecular flexibility index (Phi) is 3.31. The monoisotopic (exact) mass is 265 g/mol. The molecule has 1 heterocycles. The molecule has 0 aliphatic rings. The van der Waals surface area contributed by atoms with Crippen molar-refractivity contribution in [1.82, 2.24) is 9.97 Å². The van der Waals surface area contributed by atoms with Gasteiger partial charge in [-0.1, -0.05) is 24.3 Å². The van der Waals surface area contributed by atoms with Gasteiger partial charge in [-0.3, -0.25) is 9.97 Å². The fourth-order valence-corrected chi connectivity index (χ4v) is 2.28. The number of hydrogen-bond acceptors (Lipinski definition) is 4. The number of hydrogen-bond donors (Lipinski definition) is 1. The normalized spacial score (nSPS) is 12.3. The third-order valence-corrected chi connectivity index (χ3v) is 3.33. The minimum atomic E-state index is -0.252. The minimum absolute atomic E-state index is 0.252. The van der Waals surface area contributed by atoms with Gasteiger partial charge in [0, 0.05) is 18.0 Å². The number of fused-ring (bicyclic) bond motifs is 1. The van der Waals surface area contributed by atoms with Crippen LogP contribution in [0.25, 0.3) is 11.0 Å². The highest BCUT2D eigenvalue weighted by molar-refractivity contribution is 5.74. The predicted octanol–water partition coefficient (Wildman–Crippen LogP) is 2.69. The number of aromatic nitrogens is 2. The smallest absolute Gasteiger partial charge is 0.123 e. The van der Waals surface area contributed by atoms with E-state index in [-0.39, 0.29) is 6.04 Å². The van der Waals surface area contributed by atoms with E-state index in [0.29, 0.717) is 0 Å². The molecule has 0 amide bonds.